The Morgan fingerprint density at radius 1 is 1.05 bits per heavy atom. The summed E-state index contributed by atoms with van der Waals surface area (Å²) in [7, 11) is 0. The average molecular weight is 383 g/mol. The van der Waals surface area contributed by atoms with Crippen molar-refractivity contribution in [2.45, 2.75) is 5.33 Å². The largest absolute Gasteiger partial charge is 0.437 e. The van der Waals surface area contributed by atoms with Crippen LogP contribution in [0.25, 0.3) is 10.9 Å². The zero-order valence-electron chi connectivity index (χ0n) is 10.8. The molecule has 0 fully saturated rings. The Labute approximate surface area is 140 Å². The van der Waals surface area contributed by atoms with Crippen LogP contribution in [0.5, 0.6) is 11.6 Å². The summed E-state index contributed by atoms with van der Waals surface area (Å²) in [5, 5.41) is 2.76. The molecule has 21 heavy (non-hydrogen) atoms. The maximum atomic E-state index is 6.14. The first kappa shape index (κ1) is 14.6. The van der Waals surface area contributed by atoms with Gasteiger partial charge in [0.15, 0.2) is 0 Å². The summed E-state index contributed by atoms with van der Waals surface area (Å²) in [4.78, 5) is 4.56. The van der Waals surface area contributed by atoms with Crippen LogP contribution in [0.2, 0.25) is 10.0 Å². The van der Waals surface area contributed by atoms with Crippen molar-refractivity contribution in [1.82, 2.24) is 4.98 Å². The summed E-state index contributed by atoms with van der Waals surface area (Å²) in [5.74, 6) is 1.02. The molecule has 3 aromatic rings. The topological polar surface area (TPSA) is 22.1 Å². The van der Waals surface area contributed by atoms with Gasteiger partial charge in [0.1, 0.15) is 5.75 Å². The second-order valence-corrected chi connectivity index (χ2v) is 5.86. The third-order valence-electron chi connectivity index (χ3n) is 3.01. The van der Waals surface area contributed by atoms with Gasteiger partial charge in [0.05, 0.1) is 10.5 Å². The predicted octanol–water partition coefficient (Wildman–Crippen LogP) is 6.23. The van der Waals surface area contributed by atoms with Crippen LogP contribution in [0.4, 0.5) is 0 Å². The van der Waals surface area contributed by atoms with Gasteiger partial charge in [-0.1, -0.05) is 57.3 Å². The number of hydrogen-bond donors (Lipinski definition) is 0. The van der Waals surface area contributed by atoms with Crippen molar-refractivity contribution in [3.05, 3.63) is 64.1 Å². The highest BCUT2D eigenvalue weighted by Gasteiger charge is 2.11. The third kappa shape index (κ3) is 3.15. The lowest BCUT2D eigenvalue weighted by Gasteiger charge is -2.11. The first-order valence-electron chi connectivity index (χ1n) is 6.25. The van der Waals surface area contributed by atoms with Gasteiger partial charge in [-0.3, -0.25) is 0 Å². The van der Waals surface area contributed by atoms with E-state index >= 15 is 0 Å². The number of benzene rings is 2. The average Bonchev–Trinajstić information content (AvgIpc) is 2.50. The van der Waals surface area contributed by atoms with E-state index < -0.39 is 0 Å². The van der Waals surface area contributed by atoms with E-state index in [1.54, 1.807) is 18.2 Å². The number of fused-ring (bicyclic) bond motifs is 1. The fraction of sp³-hybridized carbons (Fsp3) is 0.0625. The van der Waals surface area contributed by atoms with E-state index in [9.17, 15) is 0 Å². The highest BCUT2D eigenvalue weighted by Crippen LogP contribution is 2.34. The number of para-hydroxylation sites is 1. The van der Waals surface area contributed by atoms with Crippen LogP contribution in [0.1, 0.15) is 5.56 Å². The Kier molecular flexibility index (Phi) is 4.34. The van der Waals surface area contributed by atoms with E-state index in [0.717, 1.165) is 16.5 Å². The first-order valence-corrected chi connectivity index (χ1v) is 8.12. The summed E-state index contributed by atoms with van der Waals surface area (Å²) in [6.07, 6.45) is 0. The molecule has 0 aliphatic rings. The van der Waals surface area contributed by atoms with E-state index in [-0.39, 0.29) is 0 Å². The number of pyridine rings is 1. The lowest BCUT2D eigenvalue weighted by Crippen LogP contribution is -1.94. The fourth-order valence-electron chi connectivity index (χ4n) is 1.99. The summed E-state index contributed by atoms with van der Waals surface area (Å²) >= 11 is 15.6. The van der Waals surface area contributed by atoms with Crippen LogP contribution in [-0.2, 0) is 5.33 Å². The Bertz CT molecular complexity index is 807. The minimum Gasteiger partial charge on any atom is -0.437 e. The molecule has 0 amide bonds. The van der Waals surface area contributed by atoms with Gasteiger partial charge < -0.3 is 4.74 Å². The molecular formula is C16H10BrCl2NO. The number of nitrogens with zero attached hydrogens (tertiary/aromatic N) is 1. The molecule has 5 heteroatoms. The summed E-state index contributed by atoms with van der Waals surface area (Å²) in [6, 6.07) is 15.0. The van der Waals surface area contributed by atoms with Crippen LogP contribution >= 0.6 is 39.1 Å². The van der Waals surface area contributed by atoms with E-state index in [1.807, 2.05) is 30.3 Å². The van der Waals surface area contributed by atoms with Gasteiger partial charge in [-0.25, -0.2) is 4.98 Å². The van der Waals surface area contributed by atoms with E-state index in [0.29, 0.717) is 27.0 Å². The van der Waals surface area contributed by atoms with Crippen molar-refractivity contribution >= 4 is 50.0 Å². The van der Waals surface area contributed by atoms with Gasteiger partial charge in [0.2, 0.25) is 5.88 Å². The zero-order chi connectivity index (χ0) is 14.8. The van der Waals surface area contributed by atoms with Crippen molar-refractivity contribution < 1.29 is 4.74 Å². The molecule has 0 saturated carbocycles. The molecule has 2 nitrogen and oxygen atoms in total. The van der Waals surface area contributed by atoms with Gasteiger partial charge >= 0.3 is 0 Å². The van der Waals surface area contributed by atoms with Gasteiger partial charge in [-0.15, -0.1) is 0 Å². The molecule has 1 heterocycles. The zero-order valence-corrected chi connectivity index (χ0v) is 13.9. The van der Waals surface area contributed by atoms with E-state index in [2.05, 4.69) is 20.9 Å². The lowest BCUT2D eigenvalue weighted by molar-refractivity contribution is 0.461. The second-order valence-electron chi connectivity index (χ2n) is 4.46. The molecule has 0 atom stereocenters. The maximum absolute atomic E-state index is 6.14. The molecule has 0 aliphatic carbocycles. The van der Waals surface area contributed by atoms with Crippen LogP contribution in [-0.4, -0.2) is 4.98 Å². The molecule has 2 aromatic carbocycles. The van der Waals surface area contributed by atoms with Crippen LogP contribution in [0.15, 0.2) is 48.5 Å². The minimum absolute atomic E-state index is 0.495. The Morgan fingerprint density at radius 3 is 2.67 bits per heavy atom. The number of alkyl halides is 1. The van der Waals surface area contributed by atoms with Gasteiger partial charge in [0, 0.05) is 27.4 Å². The number of aromatic nitrogens is 1. The standard InChI is InChI=1S/C16H10BrCl2NO/c17-9-11-7-10-3-1-2-4-14(10)20-16(11)21-15-8-12(18)5-6-13(15)19/h1-8H,9H2. The van der Waals surface area contributed by atoms with Crippen molar-refractivity contribution in [3.63, 3.8) is 0 Å². The smallest absolute Gasteiger partial charge is 0.223 e. The predicted molar refractivity (Wildman–Crippen MR) is 90.9 cm³/mol. The molecule has 3 rings (SSSR count). The van der Waals surface area contributed by atoms with Crippen molar-refractivity contribution in [3.8, 4) is 11.6 Å². The van der Waals surface area contributed by atoms with Crippen molar-refractivity contribution in [2.24, 2.45) is 0 Å². The van der Waals surface area contributed by atoms with Gasteiger partial charge in [0.25, 0.3) is 0 Å². The minimum atomic E-state index is 0.495. The third-order valence-corrected chi connectivity index (χ3v) is 4.16. The SMILES string of the molecule is Clc1ccc(Cl)c(Oc2nc3ccccc3cc2CBr)c1. The van der Waals surface area contributed by atoms with E-state index in [4.69, 9.17) is 27.9 Å². The van der Waals surface area contributed by atoms with Crippen LogP contribution < -0.4 is 4.74 Å². The van der Waals surface area contributed by atoms with Crippen LogP contribution in [0.3, 0.4) is 0 Å². The highest BCUT2D eigenvalue weighted by atomic mass is 79.9. The number of rotatable bonds is 3. The molecule has 106 valence electrons. The molecule has 0 aliphatic heterocycles. The number of ether oxygens (including phenoxy) is 1. The normalized spacial score (nSPS) is 10.8. The monoisotopic (exact) mass is 381 g/mol. The van der Waals surface area contributed by atoms with Crippen molar-refractivity contribution in [2.75, 3.05) is 0 Å². The summed E-state index contributed by atoms with van der Waals surface area (Å²) in [6.45, 7) is 0. The van der Waals surface area contributed by atoms with Gasteiger partial charge in [-0.2, -0.15) is 0 Å². The summed E-state index contributed by atoms with van der Waals surface area (Å²) in [5.41, 5.74) is 1.82. The number of hydrogen-bond acceptors (Lipinski definition) is 2. The quantitative estimate of drug-likeness (QED) is 0.501. The Morgan fingerprint density at radius 2 is 1.86 bits per heavy atom. The Hall–Kier alpha value is -1.29. The molecule has 1 aromatic heterocycles. The molecule has 0 N–H and O–H groups in total. The fourth-order valence-corrected chi connectivity index (χ4v) is 2.71. The highest BCUT2D eigenvalue weighted by molar-refractivity contribution is 9.08. The second kappa shape index (κ2) is 6.22. The van der Waals surface area contributed by atoms with Crippen LogP contribution in [0, 0.1) is 0 Å². The molecule has 0 saturated heterocycles. The van der Waals surface area contributed by atoms with Gasteiger partial charge in [-0.05, 0) is 24.3 Å². The molecular weight excluding hydrogens is 373 g/mol. The first-order chi connectivity index (χ1) is 10.2. The molecule has 0 spiro atoms. The number of halogens is 3. The molecule has 0 radical (unpaired) electrons. The molecule has 0 bridgehead atoms. The molecule has 0 unspecified atom stereocenters. The summed E-state index contributed by atoms with van der Waals surface area (Å²) < 4.78 is 5.86. The Balaban J connectivity index is 2.08. The van der Waals surface area contributed by atoms with Crippen molar-refractivity contribution in [1.29, 1.82) is 0 Å². The lowest BCUT2D eigenvalue weighted by atomic mass is 10.2. The maximum Gasteiger partial charge on any atom is 0.223 e. The van der Waals surface area contributed by atoms with E-state index in [1.165, 1.54) is 0 Å².